The summed E-state index contributed by atoms with van der Waals surface area (Å²) in [4.78, 5) is 2.27. The Morgan fingerprint density at radius 2 is 2.00 bits per heavy atom. The molecule has 1 atom stereocenters. The van der Waals surface area contributed by atoms with Gasteiger partial charge in [-0.1, -0.05) is 12.2 Å². The highest BCUT2D eigenvalue weighted by Gasteiger charge is 2.16. The molecule has 0 saturated carbocycles. The van der Waals surface area contributed by atoms with Crippen molar-refractivity contribution >= 4 is 0 Å². The second-order valence-electron chi connectivity index (χ2n) is 4.61. The third-order valence-electron chi connectivity index (χ3n) is 3.22. The SMILES string of the molecule is OC(CNC1CC=CC1)CN1CCOCC1. The minimum atomic E-state index is -0.265. The Kier molecular flexibility index (Phi) is 4.78. The monoisotopic (exact) mass is 226 g/mol. The van der Waals surface area contributed by atoms with E-state index in [1.165, 1.54) is 0 Å². The topological polar surface area (TPSA) is 44.7 Å². The average molecular weight is 226 g/mol. The van der Waals surface area contributed by atoms with Crippen LogP contribution in [0.2, 0.25) is 0 Å². The van der Waals surface area contributed by atoms with Gasteiger partial charge in [0.05, 0.1) is 19.3 Å². The van der Waals surface area contributed by atoms with E-state index in [1.54, 1.807) is 0 Å². The maximum atomic E-state index is 9.90. The van der Waals surface area contributed by atoms with Crippen LogP contribution in [0.25, 0.3) is 0 Å². The summed E-state index contributed by atoms with van der Waals surface area (Å²) < 4.78 is 5.28. The van der Waals surface area contributed by atoms with Gasteiger partial charge < -0.3 is 15.2 Å². The number of hydrogen-bond donors (Lipinski definition) is 2. The number of nitrogens with one attached hydrogen (secondary N) is 1. The minimum absolute atomic E-state index is 0.265. The zero-order valence-electron chi connectivity index (χ0n) is 9.77. The van der Waals surface area contributed by atoms with Gasteiger partial charge >= 0.3 is 0 Å². The van der Waals surface area contributed by atoms with Gasteiger partial charge in [0.15, 0.2) is 0 Å². The molecule has 16 heavy (non-hydrogen) atoms. The summed E-state index contributed by atoms with van der Waals surface area (Å²) >= 11 is 0. The molecule has 0 aromatic heterocycles. The van der Waals surface area contributed by atoms with E-state index in [9.17, 15) is 5.11 Å². The van der Waals surface area contributed by atoms with E-state index in [0.29, 0.717) is 12.6 Å². The molecule has 1 aliphatic carbocycles. The van der Waals surface area contributed by atoms with Crippen molar-refractivity contribution in [2.45, 2.75) is 25.0 Å². The van der Waals surface area contributed by atoms with Gasteiger partial charge in [-0.05, 0) is 12.8 Å². The summed E-state index contributed by atoms with van der Waals surface area (Å²) in [5.74, 6) is 0. The van der Waals surface area contributed by atoms with Gasteiger partial charge in [-0.2, -0.15) is 0 Å². The predicted molar refractivity (Wildman–Crippen MR) is 63.4 cm³/mol. The summed E-state index contributed by atoms with van der Waals surface area (Å²) in [6, 6.07) is 0.541. The lowest BCUT2D eigenvalue weighted by Crippen LogP contribution is -2.45. The van der Waals surface area contributed by atoms with E-state index in [4.69, 9.17) is 4.74 Å². The number of morpholine rings is 1. The van der Waals surface area contributed by atoms with Crippen molar-refractivity contribution in [1.29, 1.82) is 0 Å². The largest absolute Gasteiger partial charge is 0.390 e. The molecule has 0 amide bonds. The number of hydrogen-bond acceptors (Lipinski definition) is 4. The van der Waals surface area contributed by atoms with Crippen LogP contribution in [0.3, 0.4) is 0 Å². The Morgan fingerprint density at radius 3 is 2.69 bits per heavy atom. The minimum Gasteiger partial charge on any atom is -0.390 e. The van der Waals surface area contributed by atoms with Crippen LogP contribution >= 0.6 is 0 Å². The third-order valence-corrected chi connectivity index (χ3v) is 3.22. The summed E-state index contributed by atoms with van der Waals surface area (Å²) in [5, 5.41) is 13.3. The lowest BCUT2D eigenvalue weighted by atomic mass is 10.2. The van der Waals surface area contributed by atoms with Crippen molar-refractivity contribution in [1.82, 2.24) is 10.2 Å². The lowest BCUT2D eigenvalue weighted by Gasteiger charge is -2.29. The molecule has 2 aliphatic rings. The molecule has 0 spiro atoms. The van der Waals surface area contributed by atoms with Crippen molar-refractivity contribution in [2.75, 3.05) is 39.4 Å². The molecule has 4 heteroatoms. The first-order valence-electron chi connectivity index (χ1n) is 6.21. The summed E-state index contributed by atoms with van der Waals surface area (Å²) in [6.07, 6.45) is 6.34. The molecular weight excluding hydrogens is 204 g/mol. The van der Waals surface area contributed by atoms with Gasteiger partial charge in [-0.3, -0.25) is 4.90 Å². The Hall–Kier alpha value is -0.420. The fourth-order valence-corrected chi connectivity index (χ4v) is 2.23. The summed E-state index contributed by atoms with van der Waals surface area (Å²) in [6.45, 7) is 4.95. The fraction of sp³-hybridized carbons (Fsp3) is 0.833. The molecule has 1 fully saturated rings. The maximum Gasteiger partial charge on any atom is 0.0791 e. The molecule has 0 aromatic carbocycles. The molecule has 1 unspecified atom stereocenters. The van der Waals surface area contributed by atoms with E-state index in [2.05, 4.69) is 22.4 Å². The van der Waals surface area contributed by atoms with Gasteiger partial charge in [-0.15, -0.1) is 0 Å². The van der Waals surface area contributed by atoms with Crippen molar-refractivity contribution in [3.63, 3.8) is 0 Å². The van der Waals surface area contributed by atoms with E-state index in [1.807, 2.05) is 0 Å². The smallest absolute Gasteiger partial charge is 0.0791 e. The van der Waals surface area contributed by atoms with Crippen LogP contribution in [-0.4, -0.2) is 61.5 Å². The molecule has 1 heterocycles. The Labute approximate surface area is 97.3 Å². The van der Waals surface area contributed by atoms with E-state index in [0.717, 1.165) is 45.7 Å². The van der Waals surface area contributed by atoms with Gasteiger partial charge in [0.2, 0.25) is 0 Å². The van der Waals surface area contributed by atoms with Crippen LogP contribution < -0.4 is 5.32 Å². The zero-order valence-corrected chi connectivity index (χ0v) is 9.77. The summed E-state index contributed by atoms with van der Waals surface area (Å²) in [7, 11) is 0. The van der Waals surface area contributed by atoms with E-state index in [-0.39, 0.29) is 6.10 Å². The molecule has 0 aromatic rings. The maximum absolute atomic E-state index is 9.90. The van der Waals surface area contributed by atoms with Gasteiger partial charge in [0, 0.05) is 32.2 Å². The molecule has 2 rings (SSSR count). The lowest BCUT2D eigenvalue weighted by molar-refractivity contribution is 0.0145. The number of ether oxygens (including phenoxy) is 1. The molecule has 0 bridgehead atoms. The number of aliphatic hydroxyl groups is 1. The van der Waals surface area contributed by atoms with Crippen molar-refractivity contribution < 1.29 is 9.84 Å². The summed E-state index contributed by atoms with van der Waals surface area (Å²) in [5.41, 5.74) is 0. The van der Waals surface area contributed by atoms with Crippen molar-refractivity contribution in [3.05, 3.63) is 12.2 Å². The van der Waals surface area contributed by atoms with Crippen LogP contribution in [0, 0.1) is 0 Å². The van der Waals surface area contributed by atoms with Gasteiger partial charge in [0.1, 0.15) is 0 Å². The molecule has 92 valence electrons. The number of nitrogens with zero attached hydrogens (tertiary/aromatic N) is 1. The van der Waals surface area contributed by atoms with Crippen LogP contribution in [-0.2, 0) is 4.74 Å². The number of β-amino-alcohol motifs (C(OH)–C–C–N with tert-alkyl or cyclic N) is 1. The first kappa shape index (κ1) is 12.0. The van der Waals surface area contributed by atoms with Crippen molar-refractivity contribution in [3.8, 4) is 0 Å². The highest BCUT2D eigenvalue weighted by Crippen LogP contribution is 2.08. The molecule has 4 nitrogen and oxygen atoms in total. The average Bonchev–Trinajstić information content (AvgIpc) is 2.81. The quantitative estimate of drug-likeness (QED) is 0.647. The standard InChI is InChI=1S/C12H22N2O2/c15-12(9-13-11-3-1-2-4-11)10-14-5-7-16-8-6-14/h1-2,11-13,15H,3-10H2. The predicted octanol–water partition coefficient (Wildman–Crippen LogP) is -0.0123. The van der Waals surface area contributed by atoms with Crippen LogP contribution in [0.15, 0.2) is 12.2 Å². The molecule has 1 aliphatic heterocycles. The van der Waals surface area contributed by atoms with Crippen LogP contribution in [0.5, 0.6) is 0 Å². The normalized spacial score (nSPS) is 25.1. The highest BCUT2D eigenvalue weighted by molar-refractivity contribution is 4.97. The first-order chi connectivity index (χ1) is 7.84. The van der Waals surface area contributed by atoms with E-state index < -0.39 is 0 Å². The molecular formula is C12H22N2O2. The molecule has 1 saturated heterocycles. The van der Waals surface area contributed by atoms with Gasteiger partial charge in [-0.25, -0.2) is 0 Å². The number of aliphatic hydroxyl groups excluding tert-OH is 1. The third kappa shape index (κ3) is 3.87. The Bertz CT molecular complexity index is 219. The second-order valence-corrected chi connectivity index (χ2v) is 4.61. The molecule has 2 N–H and O–H groups in total. The fourth-order valence-electron chi connectivity index (χ4n) is 2.23. The Morgan fingerprint density at radius 1 is 1.31 bits per heavy atom. The highest BCUT2D eigenvalue weighted by atomic mass is 16.5. The molecule has 0 radical (unpaired) electrons. The van der Waals surface area contributed by atoms with Gasteiger partial charge in [0.25, 0.3) is 0 Å². The zero-order chi connectivity index (χ0) is 11.2. The van der Waals surface area contributed by atoms with E-state index >= 15 is 0 Å². The van der Waals surface area contributed by atoms with Crippen molar-refractivity contribution in [2.24, 2.45) is 0 Å². The van der Waals surface area contributed by atoms with Crippen LogP contribution in [0.1, 0.15) is 12.8 Å². The van der Waals surface area contributed by atoms with Crippen LogP contribution in [0.4, 0.5) is 0 Å². The first-order valence-corrected chi connectivity index (χ1v) is 6.21. The Balaban J connectivity index is 1.57. The second kappa shape index (κ2) is 6.35. The number of rotatable bonds is 5.